The van der Waals surface area contributed by atoms with Gasteiger partial charge < -0.3 is 29.8 Å². The number of methoxy groups -OCH3 is 1. The number of nitrogens with zero attached hydrogens (tertiary/aromatic N) is 5. The molecule has 5 saturated carbocycles. The third kappa shape index (κ3) is 4.44. The number of carbonyl (C=O) groups excluding carboxylic acids is 2. The van der Waals surface area contributed by atoms with E-state index in [1.807, 2.05) is 41.6 Å². The second-order valence-electron chi connectivity index (χ2n) is 15.3. The number of rotatable bonds is 8. The van der Waals surface area contributed by atoms with Crippen molar-refractivity contribution in [1.29, 1.82) is 0 Å². The van der Waals surface area contributed by atoms with Gasteiger partial charge in [0.15, 0.2) is 5.82 Å². The number of carbonyl (C=O) groups is 2. The zero-order valence-electron chi connectivity index (χ0n) is 27.3. The summed E-state index contributed by atoms with van der Waals surface area (Å²) in [6.45, 7) is 3.34. The molecular weight excluding hydrogens is 597 g/mol. The molecule has 4 aromatic rings. The fourth-order valence-corrected chi connectivity index (χ4v) is 9.06. The number of benzene rings is 1. The van der Waals surface area contributed by atoms with Gasteiger partial charge in [0.2, 0.25) is 5.91 Å². The van der Waals surface area contributed by atoms with Crippen LogP contribution in [0.3, 0.4) is 0 Å². The molecule has 0 radical (unpaired) electrons. The Hall–Kier alpha value is -3.99. The van der Waals surface area contributed by atoms with Crippen LogP contribution in [0.4, 0.5) is 4.39 Å². The molecule has 4 bridgehead atoms. The van der Waals surface area contributed by atoms with Crippen molar-refractivity contribution >= 4 is 33.9 Å². The Labute approximate surface area is 272 Å². The van der Waals surface area contributed by atoms with Crippen LogP contribution in [-0.2, 0) is 18.4 Å². The maximum absolute atomic E-state index is 14.1. The Balaban J connectivity index is 1.07. The predicted octanol–water partition coefficient (Wildman–Crippen LogP) is 5.03. The van der Waals surface area contributed by atoms with Crippen LogP contribution in [0.2, 0.25) is 0 Å². The highest BCUT2D eigenvalue weighted by Gasteiger charge is 2.72. The van der Waals surface area contributed by atoms with E-state index in [9.17, 15) is 14.0 Å². The lowest BCUT2D eigenvalue weighted by molar-refractivity contribution is -0.214. The van der Waals surface area contributed by atoms with Gasteiger partial charge >= 0.3 is 0 Å². The summed E-state index contributed by atoms with van der Waals surface area (Å²) in [5, 5.41) is 4.11. The molecule has 3 N–H and O–H groups in total. The van der Waals surface area contributed by atoms with E-state index in [1.165, 1.54) is 12.8 Å². The third-order valence-electron chi connectivity index (χ3n) is 11.9. The van der Waals surface area contributed by atoms with E-state index in [1.54, 1.807) is 7.11 Å². The van der Waals surface area contributed by atoms with E-state index in [2.05, 4.69) is 22.0 Å². The van der Waals surface area contributed by atoms with Crippen LogP contribution >= 0.6 is 0 Å². The second-order valence-corrected chi connectivity index (χ2v) is 15.3. The number of pyridine rings is 1. The normalized spacial score (nSPS) is 29.9. The Kier molecular flexibility index (Phi) is 6.21. The number of aryl methyl sites for hydroxylation is 1. The molecule has 246 valence electrons. The van der Waals surface area contributed by atoms with Crippen molar-refractivity contribution in [1.82, 2.24) is 29.3 Å². The summed E-state index contributed by atoms with van der Waals surface area (Å²) in [4.78, 5) is 39.1. The summed E-state index contributed by atoms with van der Waals surface area (Å²) < 4.78 is 24.3. The minimum absolute atomic E-state index is 0.0165. The number of hydrogen-bond donors (Lipinski definition) is 2. The van der Waals surface area contributed by atoms with E-state index < -0.39 is 11.1 Å². The molecule has 2 amide bonds. The Bertz CT molecular complexity index is 1960. The van der Waals surface area contributed by atoms with Crippen LogP contribution in [0, 0.1) is 17.3 Å². The first kappa shape index (κ1) is 29.2. The van der Waals surface area contributed by atoms with Crippen molar-refractivity contribution in [3.8, 4) is 17.3 Å². The molecule has 11 heteroatoms. The molecule has 4 heterocycles. The van der Waals surface area contributed by atoms with Crippen LogP contribution in [0.5, 0.6) is 5.75 Å². The first-order valence-electron chi connectivity index (χ1n) is 17.2. The quantitative estimate of drug-likeness (QED) is 0.279. The van der Waals surface area contributed by atoms with Crippen LogP contribution in [0.1, 0.15) is 80.4 Å². The first-order valence-corrected chi connectivity index (χ1v) is 17.2. The number of likely N-dealkylation sites (tertiary alicyclic amines) is 1. The zero-order chi connectivity index (χ0) is 32.4. The van der Waals surface area contributed by atoms with E-state index in [4.69, 9.17) is 20.4 Å². The minimum atomic E-state index is -1.12. The highest BCUT2D eigenvalue weighted by atomic mass is 19.1. The van der Waals surface area contributed by atoms with Crippen LogP contribution < -0.4 is 15.8 Å². The molecule has 3 aromatic heterocycles. The maximum Gasteiger partial charge on any atom is 0.254 e. The molecule has 47 heavy (non-hydrogen) atoms. The molecule has 0 spiro atoms. The Morgan fingerprint density at radius 1 is 1.13 bits per heavy atom. The van der Waals surface area contributed by atoms with Crippen LogP contribution in [0.15, 0.2) is 30.3 Å². The number of fused-ring (bicyclic) bond motifs is 4. The number of piperidine rings is 1. The third-order valence-corrected chi connectivity index (χ3v) is 11.9. The van der Waals surface area contributed by atoms with Gasteiger partial charge in [-0.15, -0.1) is 0 Å². The Morgan fingerprint density at radius 3 is 2.64 bits per heavy atom. The molecule has 6 fully saturated rings. The number of halogens is 1. The summed E-state index contributed by atoms with van der Waals surface area (Å²) in [5.74, 6) is 2.38. The SMILES string of the molecule is COc1cc(C(=O)N2C[C@H](N)[C@H]3CC[C@@H]2C3)cc2nc(-c3cc4ccc([C@@H](C)NC(=O)C56CC(F)(C5)C6)nc4n3CC3CC3)n(C)c12. The van der Waals surface area contributed by atoms with E-state index in [-0.39, 0.29) is 29.9 Å². The number of nitrogens with one attached hydrogen (secondary N) is 1. The number of hydrogen-bond acceptors (Lipinski definition) is 6. The lowest BCUT2D eigenvalue weighted by Crippen LogP contribution is -2.70. The number of alkyl halides is 1. The first-order chi connectivity index (χ1) is 22.5. The fourth-order valence-electron chi connectivity index (χ4n) is 9.06. The highest BCUT2D eigenvalue weighted by Crippen LogP contribution is 2.69. The molecule has 1 saturated heterocycles. The molecule has 1 aromatic carbocycles. The maximum atomic E-state index is 14.1. The van der Waals surface area contributed by atoms with Crippen molar-refractivity contribution in [2.24, 2.45) is 30.0 Å². The van der Waals surface area contributed by atoms with E-state index in [0.717, 1.165) is 59.6 Å². The van der Waals surface area contributed by atoms with Crippen molar-refractivity contribution in [2.45, 2.75) is 88.6 Å². The fraction of sp³-hybridized carbons (Fsp3) is 0.556. The standard InChI is InChI=1S/C36H42FN7O3/c1-19(39-34(46)35-16-36(37,17-35)18-35)26-9-7-22-12-28(44(31(22)40-26)14-20-4-5-20)32-41-27-11-23(13-29(47-3)30(27)42(32)2)33(45)43-15-25(38)21-6-8-24(43)10-21/h7,9,11-13,19-21,24-25H,4-6,8,10,14-18,38H2,1-3H3,(H,39,46)/t19-,21+,24-,25+,35?,36?/m1/s1. The number of nitrogens with two attached hydrogens (primary N) is 1. The van der Waals surface area contributed by atoms with Crippen molar-refractivity contribution in [2.75, 3.05) is 13.7 Å². The van der Waals surface area contributed by atoms with Gasteiger partial charge in [-0.05, 0) is 100 Å². The van der Waals surface area contributed by atoms with Gasteiger partial charge in [0, 0.05) is 43.2 Å². The summed E-state index contributed by atoms with van der Waals surface area (Å²) in [6, 6.07) is 9.84. The lowest BCUT2D eigenvalue weighted by atomic mass is 9.42. The van der Waals surface area contributed by atoms with Gasteiger partial charge in [0.05, 0.1) is 35.5 Å². The zero-order valence-corrected chi connectivity index (χ0v) is 27.3. The summed E-state index contributed by atoms with van der Waals surface area (Å²) in [5.41, 5.74) is 9.47. The summed E-state index contributed by atoms with van der Waals surface area (Å²) >= 11 is 0. The lowest BCUT2D eigenvalue weighted by Gasteiger charge is -2.64. The molecule has 6 aliphatic rings. The molecule has 4 atom stereocenters. The Morgan fingerprint density at radius 2 is 1.91 bits per heavy atom. The van der Waals surface area contributed by atoms with E-state index >= 15 is 0 Å². The van der Waals surface area contributed by atoms with Gasteiger partial charge in [-0.1, -0.05) is 0 Å². The topological polar surface area (TPSA) is 120 Å². The van der Waals surface area contributed by atoms with Crippen molar-refractivity contribution < 1.29 is 18.7 Å². The molecule has 10 rings (SSSR count). The highest BCUT2D eigenvalue weighted by molar-refractivity contribution is 6.00. The van der Waals surface area contributed by atoms with Crippen LogP contribution in [0.25, 0.3) is 33.6 Å². The number of ether oxygens (including phenoxy) is 1. The number of imidazole rings is 1. The average molecular weight is 640 g/mol. The second kappa shape index (κ2) is 10.0. The van der Waals surface area contributed by atoms with Crippen molar-refractivity contribution in [3.63, 3.8) is 0 Å². The number of aromatic nitrogens is 4. The summed E-state index contributed by atoms with van der Waals surface area (Å²) in [7, 11) is 3.62. The molecule has 5 aliphatic carbocycles. The van der Waals surface area contributed by atoms with Gasteiger partial charge in [-0.25, -0.2) is 14.4 Å². The smallest absolute Gasteiger partial charge is 0.254 e. The average Bonchev–Trinajstić information content (AvgIpc) is 3.49. The minimum Gasteiger partial charge on any atom is -0.494 e. The van der Waals surface area contributed by atoms with Gasteiger partial charge in [0.25, 0.3) is 5.91 Å². The van der Waals surface area contributed by atoms with Gasteiger partial charge in [-0.2, -0.15) is 0 Å². The van der Waals surface area contributed by atoms with Gasteiger partial charge in [0.1, 0.15) is 22.6 Å². The van der Waals surface area contributed by atoms with Crippen LogP contribution in [-0.4, -0.2) is 67.2 Å². The van der Waals surface area contributed by atoms with Gasteiger partial charge in [-0.3, -0.25) is 9.59 Å². The predicted molar refractivity (Wildman–Crippen MR) is 176 cm³/mol. The molecular formula is C36H42FN7O3. The van der Waals surface area contributed by atoms with E-state index in [0.29, 0.717) is 54.5 Å². The van der Waals surface area contributed by atoms with Crippen molar-refractivity contribution in [3.05, 3.63) is 41.6 Å². The largest absolute Gasteiger partial charge is 0.494 e. The monoisotopic (exact) mass is 639 g/mol. The molecule has 10 nitrogen and oxygen atoms in total. The summed E-state index contributed by atoms with van der Waals surface area (Å²) in [6.07, 6.45) is 6.43. The molecule has 0 unspecified atom stereocenters. The number of amides is 2. The molecule has 1 aliphatic heterocycles.